The van der Waals surface area contributed by atoms with Crippen LogP contribution >= 0.6 is 0 Å². The van der Waals surface area contributed by atoms with Crippen molar-refractivity contribution in [3.63, 3.8) is 0 Å². The molecule has 8 heteroatoms. The predicted octanol–water partition coefficient (Wildman–Crippen LogP) is 1.00. The molecule has 2 aliphatic rings. The average Bonchev–Trinajstić information content (AvgIpc) is 3.13. The number of benzene rings is 1. The molecule has 2 atom stereocenters. The highest BCUT2D eigenvalue weighted by atomic mass is 32.2. The van der Waals surface area contributed by atoms with Crippen molar-refractivity contribution in [3.05, 3.63) is 29.8 Å². The van der Waals surface area contributed by atoms with Gasteiger partial charge in [-0.2, -0.15) is 4.31 Å². The van der Waals surface area contributed by atoms with Crippen LogP contribution in [0.25, 0.3) is 0 Å². The highest BCUT2D eigenvalue weighted by Gasteiger charge is 2.29. The number of carbonyl (C=O) groups is 1. The smallest absolute Gasteiger partial charge is 0.251 e. The molecule has 2 saturated heterocycles. The number of nitrogens with one attached hydrogen (secondary N) is 1. The zero-order valence-electron chi connectivity index (χ0n) is 14.3. The van der Waals surface area contributed by atoms with Crippen molar-refractivity contribution in [2.45, 2.75) is 36.9 Å². The zero-order chi connectivity index (χ0) is 17.9. The Bertz CT molecular complexity index is 698. The maximum absolute atomic E-state index is 12.7. The lowest BCUT2D eigenvalue weighted by atomic mass is 10.2. The van der Waals surface area contributed by atoms with Crippen molar-refractivity contribution in [2.75, 3.05) is 32.8 Å². The van der Waals surface area contributed by atoms with E-state index in [1.54, 1.807) is 12.1 Å². The van der Waals surface area contributed by atoms with Crippen LogP contribution in [0, 0.1) is 0 Å². The number of morpholine rings is 1. The third-order valence-corrected chi connectivity index (χ3v) is 6.35. The summed E-state index contributed by atoms with van der Waals surface area (Å²) in [4.78, 5) is 12.4. The van der Waals surface area contributed by atoms with Crippen molar-refractivity contribution < 1.29 is 22.7 Å². The van der Waals surface area contributed by atoms with E-state index in [1.807, 2.05) is 6.92 Å². The summed E-state index contributed by atoms with van der Waals surface area (Å²) in [5.41, 5.74) is 0.437. The number of rotatable bonds is 5. The van der Waals surface area contributed by atoms with Crippen molar-refractivity contribution in [3.8, 4) is 0 Å². The van der Waals surface area contributed by atoms with Gasteiger partial charge >= 0.3 is 0 Å². The zero-order valence-corrected chi connectivity index (χ0v) is 15.1. The molecule has 0 bridgehead atoms. The van der Waals surface area contributed by atoms with Gasteiger partial charge in [0.2, 0.25) is 10.0 Å². The van der Waals surface area contributed by atoms with Crippen LogP contribution in [-0.2, 0) is 19.5 Å². The molecular formula is C17H24N2O5S. The molecule has 25 heavy (non-hydrogen) atoms. The van der Waals surface area contributed by atoms with Gasteiger partial charge in [0.05, 0.1) is 23.7 Å². The number of ether oxygens (including phenoxy) is 2. The number of hydrogen-bond acceptors (Lipinski definition) is 5. The molecule has 1 N–H and O–H groups in total. The third kappa shape index (κ3) is 4.38. The number of hydrogen-bond donors (Lipinski definition) is 1. The number of amides is 1. The quantitative estimate of drug-likeness (QED) is 0.838. The Morgan fingerprint density at radius 2 is 2.00 bits per heavy atom. The molecule has 2 aliphatic heterocycles. The lowest BCUT2D eigenvalue weighted by Gasteiger charge is -2.30. The average molecular weight is 368 g/mol. The molecule has 3 rings (SSSR count). The van der Waals surface area contributed by atoms with Crippen LogP contribution in [0.1, 0.15) is 30.1 Å². The van der Waals surface area contributed by atoms with Gasteiger partial charge in [0.25, 0.3) is 5.91 Å². The van der Waals surface area contributed by atoms with Gasteiger partial charge in [-0.3, -0.25) is 4.79 Å². The Morgan fingerprint density at radius 1 is 1.24 bits per heavy atom. The van der Waals surface area contributed by atoms with E-state index in [2.05, 4.69) is 5.32 Å². The van der Waals surface area contributed by atoms with Gasteiger partial charge < -0.3 is 14.8 Å². The fraction of sp³-hybridized carbons (Fsp3) is 0.588. The normalized spacial score (nSPS) is 25.0. The Hall–Kier alpha value is -1.48. The van der Waals surface area contributed by atoms with E-state index in [0.29, 0.717) is 31.8 Å². The first kappa shape index (κ1) is 18.3. The Morgan fingerprint density at radius 3 is 2.64 bits per heavy atom. The molecule has 1 aromatic rings. The molecule has 1 amide bonds. The van der Waals surface area contributed by atoms with E-state index >= 15 is 0 Å². The molecule has 7 nitrogen and oxygen atoms in total. The number of carbonyl (C=O) groups excluding carboxylic acids is 1. The summed E-state index contributed by atoms with van der Waals surface area (Å²) < 4.78 is 37.6. The molecule has 138 valence electrons. The molecule has 0 saturated carbocycles. The van der Waals surface area contributed by atoms with Gasteiger partial charge in [-0.05, 0) is 44.0 Å². The van der Waals surface area contributed by atoms with Crippen molar-refractivity contribution >= 4 is 15.9 Å². The van der Waals surface area contributed by atoms with Gasteiger partial charge in [-0.25, -0.2) is 8.42 Å². The number of nitrogens with zero attached hydrogens (tertiary/aromatic N) is 1. The maximum Gasteiger partial charge on any atom is 0.251 e. The van der Waals surface area contributed by atoms with Crippen LogP contribution in [0.5, 0.6) is 0 Å². The predicted molar refractivity (Wildman–Crippen MR) is 91.9 cm³/mol. The monoisotopic (exact) mass is 368 g/mol. The molecule has 2 unspecified atom stereocenters. The molecular weight excluding hydrogens is 344 g/mol. The minimum Gasteiger partial charge on any atom is -0.376 e. The first-order valence-corrected chi connectivity index (χ1v) is 10.0. The molecule has 0 aromatic heterocycles. The first-order chi connectivity index (χ1) is 12.0. The fourth-order valence-corrected chi connectivity index (χ4v) is 4.55. The van der Waals surface area contributed by atoms with Gasteiger partial charge in [0, 0.05) is 31.8 Å². The second-order valence-corrected chi connectivity index (χ2v) is 8.35. The Balaban J connectivity index is 1.63. The van der Waals surface area contributed by atoms with E-state index in [9.17, 15) is 13.2 Å². The summed E-state index contributed by atoms with van der Waals surface area (Å²) >= 11 is 0. The Labute approximate surface area is 148 Å². The lowest BCUT2D eigenvalue weighted by molar-refractivity contribution is 0.0102. The summed E-state index contributed by atoms with van der Waals surface area (Å²) in [6.45, 7) is 4.15. The summed E-state index contributed by atoms with van der Waals surface area (Å²) in [5.74, 6) is -0.223. The SMILES string of the molecule is CC1CN(S(=O)(=O)c2ccc(C(=O)NCC3CCCO3)cc2)CCO1. The van der Waals surface area contributed by atoms with Crippen molar-refractivity contribution in [1.82, 2.24) is 9.62 Å². The topological polar surface area (TPSA) is 84.9 Å². The first-order valence-electron chi connectivity index (χ1n) is 8.58. The van der Waals surface area contributed by atoms with E-state index in [4.69, 9.17) is 9.47 Å². The van der Waals surface area contributed by atoms with Crippen LogP contribution in [0.2, 0.25) is 0 Å². The largest absolute Gasteiger partial charge is 0.376 e. The van der Waals surface area contributed by atoms with Crippen molar-refractivity contribution in [1.29, 1.82) is 0 Å². The third-order valence-electron chi connectivity index (χ3n) is 4.47. The minimum absolute atomic E-state index is 0.0758. The fourth-order valence-electron chi connectivity index (χ4n) is 3.05. The highest BCUT2D eigenvalue weighted by Crippen LogP contribution is 2.19. The molecule has 0 spiro atoms. The highest BCUT2D eigenvalue weighted by molar-refractivity contribution is 7.89. The summed E-state index contributed by atoms with van der Waals surface area (Å²) in [6, 6.07) is 6.05. The van der Waals surface area contributed by atoms with Gasteiger partial charge in [0.15, 0.2) is 0 Å². The second-order valence-electron chi connectivity index (χ2n) is 6.41. The molecule has 2 fully saturated rings. The molecule has 2 heterocycles. The van der Waals surface area contributed by atoms with Crippen LogP contribution in [-0.4, -0.2) is 63.7 Å². The maximum atomic E-state index is 12.7. The lowest BCUT2D eigenvalue weighted by Crippen LogP contribution is -2.44. The van der Waals surface area contributed by atoms with Crippen molar-refractivity contribution in [2.24, 2.45) is 0 Å². The molecule has 0 radical (unpaired) electrons. The van der Waals surface area contributed by atoms with Gasteiger partial charge in [-0.15, -0.1) is 0 Å². The molecule has 1 aromatic carbocycles. The standard InChI is InChI=1S/C17H24N2O5S/c1-13-12-19(8-10-23-13)25(21,22)16-6-4-14(5-7-16)17(20)18-11-15-3-2-9-24-15/h4-7,13,15H,2-3,8-12H2,1H3,(H,18,20). The van der Waals surface area contributed by atoms with E-state index < -0.39 is 10.0 Å². The van der Waals surface area contributed by atoms with Gasteiger partial charge in [0.1, 0.15) is 0 Å². The summed E-state index contributed by atoms with van der Waals surface area (Å²) in [6.07, 6.45) is 1.93. The van der Waals surface area contributed by atoms with Crippen LogP contribution < -0.4 is 5.32 Å². The van der Waals surface area contributed by atoms with E-state index in [0.717, 1.165) is 19.4 Å². The minimum atomic E-state index is -3.56. The van der Waals surface area contributed by atoms with Crippen LogP contribution in [0.4, 0.5) is 0 Å². The number of sulfonamides is 1. The Kier molecular flexibility index (Phi) is 5.73. The van der Waals surface area contributed by atoms with Gasteiger partial charge in [-0.1, -0.05) is 0 Å². The molecule has 0 aliphatic carbocycles. The van der Waals surface area contributed by atoms with E-state index in [-0.39, 0.29) is 23.0 Å². The summed E-state index contributed by atoms with van der Waals surface area (Å²) in [7, 11) is -3.56. The summed E-state index contributed by atoms with van der Waals surface area (Å²) in [5, 5.41) is 2.83. The van der Waals surface area contributed by atoms with Crippen LogP contribution in [0.15, 0.2) is 29.2 Å². The van der Waals surface area contributed by atoms with Crippen LogP contribution in [0.3, 0.4) is 0 Å². The second kappa shape index (κ2) is 7.82. The van der Waals surface area contributed by atoms with E-state index in [1.165, 1.54) is 16.4 Å².